The van der Waals surface area contributed by atoms with Crippen LogP contribution in [0.1, 0.15) is 17.1 Å². The molecule has 1 unspecified atom stereocenters. The van der Waals surface area contributed by atoms with E-state index in [0.29, 0.717) is 19.6 Å². The smallest absolute Gasteiger partial charge is 0.228 e. The Morgan fingerprint density at radius 2 is 2.04 bits per heavy atom. The maximum Gasteiger partial charge on any atom is 0.228 e. The van der Waals surface area contributed by atoms with E-state index in [2.05, 4.69) is 15.9 Å². The van der Waals surface area contributed by atoms with Gasteiger partial charge in [-0.25, -0.2) is 0 Å². The van der Waals surface area contributed by atoms with E-state index in [1.54, 1.807) is 27.4 Å². The van der Waals surface area contributed by atoms with E-state index in [-0.39, 0.29) is 24.2 Å². The molecule has 1 aliphatic heterocycles. The monoisotopic (exact) mass is 458 g/mol. The van der Waals surface area contributed by atoms with Crippen LogP contribution in [0, 0.1) is 5.92 Å². The number of hydrogen-bond donors (Lipinski definition) is 0. The van der Waals surface area contributed by atoms with Crippen LogP contribution in [0.3, 0.4) is 0 Å². The molecule has 0 radical (unpaired) electrons. The molecule has 0 N–H and O–H groups in total. The highest BCUT2D eigenvalue weighted by molar-refractivity contribution is 9.10. The minimum absolute atomic E-state index is 0.0206. The zero-order valence-corrected chi connectivity index (χ0v) is 17.5. The van der Waals surface area contributed by atoms with Crippen molar-refractivity contribution >= 4 is 44.8 Å². The summed E-state index contributed by atoms with van der Waals surface area (Å²) in [4.78, 5) is 30.5. The Kier molecular flexibility index (Phi) is 5.64. The van der Waals surface area contributed by atoms with Gasteiger partial charge in [0.15, 0.2) is 0 Å². The van der Waals surface area contributed by atoms with Crippen molar-refractivity contribution in [3.05, 3.63) is 75.3 Å². The lowest BCUT2D eigenvalue weighted by atomic mass is 10.1. The first-order valence-corrected chi connectivity index (χ1v) is 10.7. The van der Waals surface area contributed by atoms with Gasteiger partial charge in [0.1, 0.15) is 5.76 Å². The first-order valence-electron chi connectivity index (χ1n) is 9.00. The summed E-state index contributed by atoms with van der Waals surface area (Å²) in [6, 6.07) is 15.3. The standard InChI is InChI=1S/C21H19BrN2O3S/c22-18-7-1-2-8-19(18)24-12-15(11-20(24)25)21(26)23(13-16-5-3-9-27-16)14-17-6-4-10-28-17/h1-10,15H,11-14H2. The highest BCUT2D eigenvalue weighted by Crippen LogP contribution is 2.32. The molecule has 144 valence electrons. The molecule has 1 atom stereocenters. The molecule has 1 aliphatic rings. The van der Waals surface area contributed by atoms with Crippen molar-refractivity contribution in [1.29, 1.82) is 0 Å². The lowest BCUT2D eigenvalue weighted by Crippen LogP contribution is -2.36. The second-order valence-corrected chi connectivity index (χ2v) is 8.60. The van der Waals surface area contributed by atoms with E-state index in [1.165, 1.54) is 0 Å². The topological polar surface area (TPSA) is 53.8 Å². The Labute approximate surface area is 175 Å². The van der Waals surface area contributed by atoms with E-state index in [9.17, 15) is 9.59 Å². The van der Waals surface area contributed by atoms with Gasteiger partial charge in [0.25, 0.3) is 0 Å². The normalized spacial score (nSPS) is 16.5. The van der Waals surface area contributed by atoms with Crippen LogP contribution < -0.4 is 4.90 Å². The average molecular weight is 459 g/mol. The molecule has 0 bridgehead atoms. The zero-order chi connectivity index (χ0) is 19.5. The summed E-state index contributed by atoms with van der Waals surface area (Å²) in [5.74, 6) is 0.318. The predicted molar refractivity (Wildman–Crippen MR) is 112 cm³/mol. The number of carbonyl (C=O) groups excluding carboxylic acids is 2. The molecule has 3 heterocycles. The van der Waals surface area contributed by atoms with E-state index in [1.807, 2.05) is 53.9 Å². The van der Waals surface area contributed by atoms with Gasteiger partial charge in [-0.1, -0.05) is 18.2 Å². The molecule has 1 aromatic carbocycles. The van der Waals surface area contributed by atoms with Gasteiger partial charge >= 0.3 is 0 Å². The third-order valence-corrected chi connectivity index (χ3v) is 6.31. The number of thiophene rings is 1. The summed E-state index contributed by atoms with van der Waals surface area (Å²) >= 11 is 5.11. The molecule has 5 nitrogen and oxygen atoms in total. The number of furan rings is 1. The summed E-state index contributed by atoms with van der Waals surface area (Å²) < 4.78 is 6.30. The van der Waals surface area contributed by atoms with Crippen LogP contribution >= 0.6 is 27.3 Å². The van der Waals surface area contributed by atoms with Crippen LogP contribution in [0.2, 0.25) is 0 Å². The summed E-state index contributed by atoms with van der Waals surface area (Å²) in [6.07, 6.45) is 1.83. The number of anilines is 1. The van der Waals surface area contributed by atoms with E-state index >= 15 is 0 Å². The number of hydrogen-bond acceptors (Lipinski definition) is 4. The Balaban J connectivity index is 1.53. The summed E-state index contributed by atoms with van der Waals surface area (Å²) in [5.41, 5.74) is 0.804. The van der Waals surface area contributed by atoms with Crippen molar-refractivity contribution in [2.75, 3.05) is 11.4 Å². The second kappa shape index (κ2) is 8.32. The van der Waals surface area contributed by atoms with Crippen LogP contribution in [0.4, 0.5) is 5.69 Å². The lowest BCUT2D eigenvalue weighted by Gasteiger charge is -2.24. The average Bonchev–Trinajstić information content (AvgIpc) is 3.44. The molecule has 1 saturated heterocycles. The van der Waals surface area contributed by atoms with Crippen LogP contribution in [-0.2, 0) is 22.7 Å². The molecular weight excluding hydrogens is 440 g/mol. The first-order chi connectivity index (χ1) is 13.6. The first kappa shape index (κ1) is 19.0. The highest BCUT2D eigenvalue weighted by Gasteiger charge is 2.38. The summed E-state index contributed by atoms with van der Waals surface area (Å²) in [5, 5.41) is 2.00. The quantitative estimate of drug-likeness (QED) is 0.538. The molecule has 0 saturated carbocycles. The molecule has 4 rings (SSSR count). The number of para-hydroxylation sites is 1. The number of carbonyl (C=O) groups is 2. The van der Waals surface area contributed by atoms with Gasteiger partial charge in [0.2, 0.25) is 11.8 Å². The number of benzene rings is 1. The third kappa shape index (κ3) is 4.05. The van der Waals surface area contributed by atoms with Crippen molar-refractivity contribution in [3.63, 3.8) is 0 Å². The Morgan fingerprint density at radius 3 is 2.75 bits per heavy atom. The van der Waals surface area contributed by atoms with E-state index < -0.39 is 0 Å². The Bertz CT molecular complexity index is 920. The molecule has 2 aromatic heterocycles. The van der Waals surface area contributed by atoms with Crippen LogP contribution in [-0.4, -0.2) is 23.3 Å². The fourth-order valence-electron chi connectivity index (χ4n) is 3.43. The van der Waals surface area contributed by atoms with Gasteiger partial charge in [0.05, 0.1) is 31.0 Å². The number of amides is 2. The maximum absolute atomic E-state index is 13.3. The van der Waals surface area contributed by atoms with Gasteiger partial charge in [-0.15, -0.1) is 11.3 Å². The highest BCUT2D eigenvalue weighted by atomic mass is 79.9. The molecule has 0 aliphatic carbocycles. The summed E-state index contributed by atoms with van der Waals surface area (Å²) in [6.45, 7) is 1.29. The SMILES string of the molecule is O=C(C1CC(=O)N(c2ccccc2Br)C1)N(Cc1ccco1)Cc1cccs1. The molecule has 1 fully saturated rings. The number of nitrogens with zero attached hydrogens (tertiary/aromatic N) is 2. The fourth-order valence-corrected chi connectivity index (χ4v) is 4.65. The van der Waals surface area contributed by atoms with Crippen LogP contribution in [0.5, 0.6) is 0 Å². The predicted octanol–water partition coefficient (Wildman–Crippen LogP) is 4.69. The molecule has 0 spiro atoms. The molecule has 3 aromatic rings. The molecule has 28 heavy (non-hydrogen) atoms. The van der Waals surface area contributed by atoms with E-state index in [4.69, 9.17) is 4.42 Å². The number of halogens is 1. The summed E-state index contributed by atoms with van der Waals surface area (Å²) in [7, 11) is 0. The van der Waals surface area contributed by atoms with Gasteiger partial charge < -0.3 is 14.2 Å². The second-order valence-electron chi connectivity index (χ2n) is 6.71. The Hall–Kier alpha value is -2.38. The van der Waals surface area contributed by atoms with Crippen molar-refractivity contribution in [2.45, 2.75) is 19.5 Å². The van der Waals surface area contributed by atoms with E-state index in [0.717, 1.165) is 20.8 Å². The van der Waals surface area contributed by atoms with Crippen molar-refractivity contribution in [3.8, 4) is 0 Å². The Morgan fingerprint density at radius 1 is 1.18 bits per heavy atom. The molecule has 2 amide bonds. The molecule has 7 heteroatoms. The van der Waals surface area contributed by atoms with Gasteiger partial charge in [-0.05, 0) is 51.6 Å². The number of rotatable bonds is 6. The third-order valence-electron chi connectivity index (χ3n) is 4.78. The van der Waals surface area contributed by atoms with Crippen molar-refractivity contribution < 1.29 is 14.0 Å². The van der Waals surface area contributed by atoms with Gasteiger partial charge in [0, 0.05) is 22.3 Å². The van der Waals surface area contributed by atoms with Crippen LogP contribution in [0.15, 0.2) is 69.1 Å². The minimum atomic E-state index is -0.366. The minimum Gasteiger partial charge on any atom is -0.467 e. The maximum atomic E-state index is 13.3. The van der Waals surface area contributed by atoms with Crippen LogP contribution in [0.25, 0.3) is 0 Å². The van der Waals surface area contributed by atoms with Crippen molar-refractivity contribution in [2.24, 2.45) is 5.92 Å². The fraction of sp³-hybridized carbons (Fsp3) is 0.238. The van der Waals surface area contributed by atoms with Crippen molar-refractivity contribution in [1.82, 2.24) is 4.90 Å². The van der Waals surface area contributed by atoms with Gasteiger partial charge in [-0.3, -0.25) is 9.59 Å². The van der Waals surface area contributed by atoms with Gasteiger partial charge in [-0.2, -0.15) is 0 Å². The lowest BCUT2D eigenvalue weighted by molar-refractivity contribution is -0.137. The largest absolute Gasteiger partial charge is 0.467 e. The zero-order valence-electron chi connectivity index (χ0n) is 15.1. The molecular formula is C21H19BrN2O3S.